The smallest absolute Gasteiger partial charge is 0.160 e. The second-order valence-electron chi connectivity index (χ2n) is 6.99. The summed E-state index contributed by atoms with van der Waals surface area (Å²) in [6, 6.07) is 6.22. The highest BCUT2D eigenvalue weighted by molar-refractivity contribution is 5.44. The average Bonchev–Trinajstić information content (AvgIpc) is 2.56. The lowest BCUT2D eigenvalue weighted by atomic mass is 9.80. The molecule has 0 aliphatic carbocycles. The minimum absolute atomic E-state index is 0.399. The molecule has 1 aromatic carbocycles. The second kappa shape index (κ2) is 8.55. The molecule has 0 spiro atoms. The number of hydrogen-bond acceptors (Lipinski definition) is 4. The Hall–Kier alpha value is -1.26. The van der Waals surface area contributed by atoms with Crippen molar-refractivity contribution in [2.24, 2.45) is 17.6 Å². The van der Waals surface area contributed by atoms with Gasteiger partial charge >= 0.3 is 0 Å². The molecule has 2 N–H and O–H groups in total. The predicted molar refractivity (Wildman–Crippen MR) is 95.3 cm³/mol. The quantitative estimate of drug-likeness (QED) is 0.838. The molecular formula is C19H32N2O2. The molecule has 0 aromatic heterocycles. The Kier molecular flexibility index (Phi) is 6.72. The zero-order valence-electron chi connectivity index (χ0n) is 15.0. The number of likely N-dealkylation sites (tertiary alicyclic amines) is 1. The summed E-state index contributed by atoms with van der Waals surface area (Å²) in [5.74, 6) is 3.36. The van der Waals surface area contributed by atoms with Crippen LogP contribution in [0.25, 0.3) is 0 Å². The highest BCUT2D eigenvalue weighted by Gasteiger charge is 2.27. The first-order valence-electron chi connectivity index (χ1n) is 8.73. The van der Waals surface area contributed by atoms with Crippen molar-refractivity contribution in [3.05, 3.63) is 23.8 Å². The minimum atomic E-state index is 0.399. The Bertz CT molecular complexity index is 482. The van der Waals surface area contributed by atoms with E-state index in [9.17, 15) is 0 Å². The lowest BCUT2D eigenvalue weighted by Crippen LogP contribution is -2.38. The second-order valence-corrected chi connectivity index (χ2v) is 6.99. The number of hydrogen-bond donors (Lipinski definition) is 1. The Labute approximate surface area is 140 Å². The van der Waals surface area contributed by atoms with Gasteiger partial charge in [0.2, 0.25) is 0 Å². The van der Waals surface area contributed by atoms with E-state index in [-0.39, 0.29) is 0 Å². The molecule has 1 unspecified atom stereocenters. The van der Waals surface area contributed by atoms with Crippen LogP contribution < -0.4 is 15.2 Å². The van der Waals surface area contributed by atoms with Crippen LogP contribution >= 0.6 is 0 Å². The number of ether oxygens (including phenoxy) is 2. The molecule has 4 nitrogen and oxygen atoms in total. The van der Waals surface area contributed by atoms with Crippen molar-refractivity contribution in [1.82, 2.24) is 4.90 Å². The SMILES string of the molecule is COc1ccc(C(CN)C2CCN(CC(C)C)CC2)cc1OC. The molecule has 0 amide bonds. The maximum Gasteiger partial charge on any atom is 0.160 e. The standard InChI is InChI=1S/C19H32N2O2/c1-14(2)13-21-9-7-15(8-10-21)17(12-20)16-5-6-18(22-3)19(11-16)23-4/h5-6,11,14-15,17H,7-10,12-13,20H2,1-4H3. The highest BCUT2D eigenvalue weighted by Crippen LogP contribution is 2.36. The fourth-order valence-electron chi connectivity index (χ4n) is 3.74. The highest BCUT2D eigenvalue weighted by atomic mass is 16.5. The van der Waals surface area contributed by atoms with Gasteiger partial charge in [-0.1, -0.05) is 19.9 Å². The third kappa shape index (κ3) is 4.61. The third-order valence-electron chi connectivity index (χ3n) is 4.91. The largest absolute Gasteiger partial charge is 0.493 e. The third-order valence-corrected chi connectivity index (χ3v) is 4.91. The number of benzene rings is 1. The van der Waals surface area contributed by atoms with E-state index in [1.807, 2.05) is 6.07 Å². The van der Waals surface area contributed by atoms with Crippen LogP contribution in [0.1, 0.15) is 38.2 Å². The average molecular weight is 320 g/mol. The molecule has 1 aromatic rings. The lowest BCUT2D eigenvalue weighted by molar-refractivity contribution is 0.155. The van der Waals surface area contributed by atoms with Gasteiger partial charge in [-0.25, -0.2) is 0 Å². The first-order valence-corrected chi connectivity index (χ1v) is 8.73. The summed E-state index contributed by atoms with van der Waals surface area (Å²) in [7, 11) is 3.35. The summed E-state index contributed by atoms with van der Waals surface area (Å²) >= 11 is 0. The van der Waals surface area contributed by atoms with Crippen molar-refractivity contribution in [2.45, 2.75) is 32.6 Å². The fraction of sp³-hybridized carbons (Fsp3) is 0.684. The van der Waals surface area contributed by atoms with E-state index >= 15 is 0 Å². The van der Waals surface area contributed by atoms with Crippen molar-refractivity contribution in [3.63, 3.8) is 0 Å². The van der Waals surface area contributed by atoms with E-state index in [2.05, 4.69) is 30.9 Å². The zero-order valence-corrected chi connectivity index (χ0v) is 15.0. The summed E-state index contributed by atoms with van der Waals surface area (Å²) in [6.07, 6.45) is 2.45. The van der Waals surface area contributed by atoms with Gasteiger partial charge in [-0.05, 0) is 67.9 Å². The molecule has 1 fully saturated rings. The van der Waals surface area contributed by atoms with Crippen LogP contribution in [0.3, 0.4) is 0 Å². The summed E-state index contributed by atoms with van der Waals surface area (Å²) in [4.78, 5) is 2.59. The number of rotatable bonds is 7. The van der Waals surface area contributed by atoms with E-state index in [0.717, 1.165) is 17.4 Å². The van der Waals surface area contributed by atoms with Crippen molar-refractivity contribution in [2.75, 3.05) is 40.4 Å². The summed E-state index contributed by atoms with van der Waals surface area (Å²) in [5, 5.41) is 0. The van der Waals surface area contributed by atoms with Crippen LogP contribution in [0.15, 0.2) is 18.2 Å². The normalized spacial score (nSPS) is 18.2. The molecular weight excluding hydrogens is 288 g/mol. The van der Waals surface area contributed by atoms with E-state index in [1.165, 1.54) is 38.0 Å². The van der Waals surface area contributed by atoms with Crippen LogP contribution in [0, 0.1) is 11.8 Å². The number of nitrogens with two attached hydrogens (primary N) is 1. The van der Waals surface area contributed by atoms with Crippen LogP contribution in [0.5, 0.6) is 11.5 Å². The van der Waals surface area contributed by atoms with Crippen molar-refractivity contribution < 1.29 is 9.47 Å². The molecule has 1 heterocycles. The number of piperidine rings is 1. The number of nitrogens with zero attached hydrogens (tertiary/aromatic N) is 1. The van der Waals surface area contributed by atoms with Gasteiger partial charge in [-0.15, -0.1) is 0 Å². The van der Waals surface area contributed by atoms with Crippen molar-refractivity contribution >= 4 is 0 Å². The van der Waals surface area contributed by atoms with Crippen LogP contribution in [0.4, 0.5) is 0 Å². The van der Waals surface area contributed by atoms with Gasteiger partial charge in [-0.3, -0.25) is 0 Å². The first kappa shape index (κ1) is 18.1. The Morgan fingerprint density at radius 2 is 1.78 bits per heavy atom. The molecule has 4 heteroatoms. The molecule has 0 radical (unpaired) electrons. The van der Waals surface area contributed by atoms with Gasteiger partial charge in [-0.2, -0.15) is 0 Å². The van der Waals surface area contributed by atoms with E-state index in [1.54, 1.807) is 14.2 Å². The molecule has 130 valence electrons. The van der Waals surface area contributed by atoms with Gasteiger partial charge in [0.1, 0.15) is 0 Å². The lowest BCUT2D eigenvalue weighted by Gasteiger charge is -2.36. The maximum atomic E-state index is 6.13. The van der Waals surface area contributed by atoms with Gasteiger partial charge < -0.3 is 20.1 Å². The molecule has 23 heavy (non-hydrogen) atoms. The molecule has 1 aliphatic rings. The fourth-order valence-corrected chi connectivity index (χ4v) is 3.74. The zero-order chi connectivity index (χ0) is 16.8. The Morgan fingerprint density at radius 3 is 2.30 bits per heavy atom. The summed E-state index contributed by atoms with van der Waals surface area (Å²) < 4.78 is 10.8. The van der Waals surface area contributed by atoms with E-state index in [0.29, 0.717) is 18.4 Å². The van der Waals surface area contributed by atoms with Crippen LogP contribution in [-0.2, 0) is 0 Å². The predicted octanol–water partition coefficient (Wildman–Crippen LogP) is 3.11. The number of methoxy groups -OCH3 is 2. The topological polar surface area (TPSA) is 47.7 Å². The molecule has 1 aliphatic heterocycles. The molecule has 0 bridgehead atoms. The van der Waals surface area contributed by atoms with Gasteiger partial charge in [0.15, 0.2) is 11.5 Å². The molecule has 1 atom stereocenters. The van der Waals surface area contributed by atoms with E-state index in [4.69, 9.17) is 15.2 Å². The van der Waals surface area contributed by atoms with Gasteiger partial charge in [0, 0.05) is 6.54 Å². The maximum absolute atomic E-state index is 6.13. The monoisotopic (exact) mass is 320 g/mol. The molecule has 0 saturated carbocycles. The van der Waals surface area contributed by atoms with E-state index < -0.39 is 0 Å². The van der Waals surface area contributed by atoms with Gasteiger partial charge in [0.05, 0.1) is 14.2 Å². The summed E-state index contributed by atoms with van der Waals surface area (Å²) in [5.41, 5.74) is 7.40. The molecule has 1 saturated heterocycles. The van der Waals surface area contributed by atoms with Crippen molar-refractivity contribution in [3.8, 4) is 11.5 Å². The Balaban J connectivity index is 2.06. The summed E-state index contributed by atoms with van der Waals surface area (Å²) in [6.45, 7) is 8.84. The first-order chi connectivity index (χ1) is 11.1. The van der Waals surface area contributed by atoms with Gasteiger partial charge in [0.25, 0.3) is 0 Å². The Morgan fingerprint density at radius 1 is 1.13 bits per heavy atom. The van der Waals surface area contributed by atoms with Crippen molar-refractivity contribution in [1.29, 1.82) is 0 Å². The minimum Gasteiger partial charge on any atom is -0.493 e. The molecule has 2 rings (SSSR count). The van der Waals surface area contributed by atoms with Crippen LogP contribution in [0.2, 0.25) is 0 Å². The van der Waals surface area contributed by atoms with Crippen LogP contribution in [-0.4, -0.2) is 45.3 Å².